The maximum Gasteiger partial charge on any atom is 0.341 e. The number of benzene rings is 1. The van der Waals surface area contributed by atoms with Gasteiger partial charge in [0, 0.05) is 24.7 Å². The molecule has 6 heteroatoms. The van der Waals surface area contributed by atoms with Crippen LogP contribution in [0.3, 0.4) is 0 Å². The summed E-state index contributed by atoms with van der Waals surface area (Å²) in [5, 5.41) is 3.54. The number of halogens is 2. The van der Waals surface area contributed by atoms with Crippen LogP contribution < -0.4 is 5.32 Å². The van der Waals surface area contributed by atoms with Crippen molar-refractivity contribution in [2.24, 2.45) is 0 Å². The molecule has 18 heavy (non-hydrogen) atoms. The van der Waals surface area contributed by atoms with Crippen LogP contribution in [-0.4, -0.2) is 25.1 Å². The van der Waals surface area contributed by atoms with Crippen molar-refractivity contribution >= 4 is 34.2 Å². The summed E-state index contributed by atoms with van der Waals surface area (Å²) in [4.78, 5) is 15.6. The van der Waals surface area contributed by atoms with Gasteiger partial charge >= 0.3 is 5.97 Å². The zero-order chi connectivity index (χ0) is 13.3. The number of pyridine rings is 1. The lowest BCUT2D eigenvalue weighted by Crippen LogP contribution is -2.07. The topological polar surface area (TPSA) is 51.2 Å². The summed E-state index contributed by atoms with van der Waals surface area (Å²) in [6, 6.07) is 2.43. The zero-order valence-electron chi connectivity index (χ0n) is 9.75. The minimum atomic E-state index is -0.533. The molecule has 0 saturated heterocycles. The molecule has 4 nitrogen and oxygen atoms in total. The smallest absolute Gasteiger partial charge is 0.341 e. The minimum Gasteiger partial charge on any atom is -0.465 e. The van der Waals surface area contributed by atoms with Crippen LogP contribution in [0.4, 0.5) is 10.1 Å². The standard InChI is InChI=1S/C12H10ClFN2O2/c1-15-11-7(12(17)18-2)5-16-9-4-6(14)3-8(13)10(9)11/h3-5H,1-2H3,(H,15,16). The number of anilines is 1. The monoisotopic (exact) mass is 268 g/mol. The van der Waals surface area contributed by atoms with E-state index >= 15 is 0 Å². The predicted octanol–water partition coefficient (Wildman–Crippen LogP) is 2.86. The van der Waals surface area contributed by atoms with Crippen molar-refractivity contribution in [2.75, 3.05) is 19.5 Å². The second-order valence-electron chi connectivity index (χ2n) is 3.57. The number of nitrogens with zero attached hydrogens (tertiary/aromatic N) is 1. The highest BCUT2D eigenvalue weighted by Crippen LogP contribution is 2.32. The molecule has 0 atom stereocenters. The fourth-order valence-corrected chi connectivity index (χ4v) is 2.06. The number of esters is 1. The number of carbonyl (C=O) groups excluding carboxylic acids is 1. The summed E-state index contributed by atoms with van der Waals surface area (Å²) in [7, 11) is 2.92. The van der Waals surface area contributed by atoms with Crippen LogP contribution in [0.2, 0.25) is 5.02 Å². The van der Waals surface area contributed by atoms with Gasteiger partial charge in [-0.3, -0.25) is 4.98 Å². The highest BCUT2D eigenvalue weighted by molar-refractivity contribution is 6.36. The van der Waals surface area contributed by atoms with Crippen molar-refractivity contribution in [3.05, 3.63) is 34.7 Å². The van der Waals surface area contributed by atoms with Gasteiger partial charge in [-0.25, -0.2) is 9.18 Å². The lowest BCUT2D eigenvalue weighted by molar-refractivity contribution is 0.0601. The third kappa shape index (κ3) is 1.97. The van der Waals surface area contributed by atoms with Crippen molar-refractivity contribution in [2.45, 2.75) is 0 Å². The molecule has 0 unspecified atom stereocenters. The number of hydrogen-bond acceptors (Lipinski definition) is 4. The van der Waals surface area contributed by atoms with Crippen molar-refractivity contribution in [1.29, 1.82) is 0 Å². The molecule has 0 amide bonds. The predicted molar refractivity (Wildman–Crippen MR) is 67.6 cm³/mol. The highest BCUT2D eigenvalue weighted by atomic mass is 35.5. The van der Waals surface area contributed by atoms with Gasteiger partial charge in [0.05, 0.1) is 23.3 Å². The average molecular weight is 269 g/mol. The van der Waals surface area contributed by atoms with Crippen LogP contribution in [0.5, 0.6) is 0 Å². The molecule has 0 saturated carbocycles. The van der Waals surface area contributed by atoms with E-state index in [1.54, 1.807) is 7.05 Å². The first-order chi connectivity index (χ1) is 8.58. The first kappa shape index (κ1) is 12.6. The van der Waals surface area contributed by atoms with E-state index in [2.05, 4.69) is 15.0 Å². The van der Waals surface area contributed by atoms with Gasteiger partial charge in [0.25, 0.3) is 0 Å². The largest absolute Gasteiger partial charge is 0.465 e. The molecule has 0 radical (unpaired) electrons. The van der Waals surface area contributed by atoms with E-state index in [4.69, 9.17) is 11.6 Å². The maximum absolute atomic E-state index is 13.2. The van der Waals surface area contributed by atoms with Crippen LogP contribution in [0.1, 0.15) is 10.4 Å². The highest BCUT2D eigenvalue weighted by Gasteiger charge is 2.17. The van der Waals surface area contributed by atoms with Crippen LogP contribution in [0, 0.1) is 5.82 Å². The van der Waals surface area contributed by atoms with E-state index in [9.17, 15) is 9.18 Å². The van der Waals surface area contributed by atoms with Gasteiger partial charge in [-0.15, -0.1) is 0 Å². The van der Waals surface area contributed by atoms with Crippen LogP contribution in [0.25, 0.3) is 10.9 Å². The molecule has 1 N–H and O–H groups in total. The van der Waals surface area contributed by atoms with Crippen LogP contribution in [-0.2, 0) is 4.74 Å². The molecule has 94 valence electrons. The zero-order valence-corrected chi connectivity index (χ0v) is 10.5. The molecule has 0 aliphatic heterocycles. The normalized spacial score (nSPS) is 10.4. The molecule has 0 spiro atoms. The van der Waals surface area contributed by atoms with Crippen molar-refractivity contribution in [3.63, 3.8) is 0 Å². The second-order valence-corrected chi connectivity index (χ2v) is 3.98. The maximum atomic E-state index is 13.2. The number of rotatable bonds is 2. The molecular formula is C12H10ClFN2O2. The van der Waals surface area contributed by atoms with Gasteiger partial charge in [-0.05, 0) is 6.07 Å². The van der Waals surface area contributed by atoms with E-state index in [-0.39, 0.29) is 10.6 Å². The van der Waals surface area contributed by atoms with Crippen LogP contribution >= 0.6 is 11.6 Å². The Morgan fingerprint density at radius 1 is 1.50 bits per heavy atom. The molecule has 0 fully saturated rings. The summed E-state index contributed by atoms with van der Waals surface area (Å²) < 4.78 is 17.9. The lowest BCUT2D eigenvalue weighted by atomic mass is 10.1. The summed E-state index contributed by atoms with van der Waals surface area (Å²) in [5.74, 6) is -1.01. The summed E-state index contributed by atoms with van der Waals surface area (Å²) >= 11 is 5.99. The Balaban J connectivity index is 2.83. The van der Waals surface area contributed by atoms with E-state index < -0.39 is 11.8 Å². The fraction of sp³-hybridized carbons (Fsp3) is 0.167. The lowest BCUT2D eigenvalue weighted by Gasteiger charge is -2.11. The van der Waals surface area contributed by atoms with Crippen LogP contribution in [0.15, 0.2) is 18.3 Å². The Kier molecular flexibility index (Phi) is 3.34. The molecule has 1 aromatic heterocycles. The number of methoxy groups -OCH3 is 1. The number of fused-ring (bicyclic) bond motifs is 1. The van der Waals surface area contributed by atoms with Gasteiger partial charge in [0.2, 0.25) is 0 Å². The molecule has 1 aromatic carbocycles. The SMILES string of the molecule is CNc1c(C(=O)OC)cnc2cc(F)cc(Cl)c12. The van der Waals surface area contributed by atoms with Gasteiger partial charge in [-0.1, -0.05) is 11.6 Å². The molecule has 1 heterocycles. The van der Waals surface area contributed by atoms with Gasteiger partial charge in [0.1, 0.15) is 11.4 Å². The van der Waals surface area contributed by atoms with Crippen molar-refractivity contribution in [1.82, 2.24) is 4.98 Å². The summed E-state index contributed by atoms with van der Waals surface area (Å²) in [5.41, 5.74) is 1.09. The molecular weight excluding hydrogens is 259 g/mol. The number of nitrogens with one attached hydrogen (secondary N) is 1. The van der Waals surface area contributed by atoms with E-state index in [0.29, 0.717) is 16.6 Å². The Labute approximate surface area is 108 Å². The molecule has 0 aliphatic rings. The fourth-order valence-electron chi connectivity index (χ4n) is 1.77. The number of hydrogen-bond donors (Lipinski definition) is 1. The molecule has 2 rings (SSSR count). The van der Waals surface area contributed by atoms with E-state index in [1.165, 1.54) is 25.4 Å². The van der Waals surface area contributed by atoms with Crippen molar-refractivity contribution < 1.29 is 13.9 Å². The van der Waals surface area contributed by atoms with E-state index in [0.717, 1.165) is 0 Å². The van der Waals surface area contributed by atoms with Crippen molar-refractivity contribution in [3.8, 4) is 0 Å². The van der Waals surface area contributed by atoms with Gasteiger partial charge in [0.15, 0.2) is 0 Å². The Morgan fingerprint density at radius 3 is 2.83 bits per heavy atom. The molecule has 0 aliphatic carbocycles. The minimum absolute atomic E-state index is 0.188. The number of carbonyl (C=O) groups is 1. The number of ether oxygens (including phenoxy) is 1. The summed E-state index contributed by atoms with van der Waals surface area (Å²) in [6.45, 7) is 0. The third-order valence-corrected chi connectivity index (χ3v) is 2.84. The molecule has 0 bridgehead atoms. The van der Waals surface area contributed by atoms with Gasteiger partial charge in [-0.2, -0.15) is 0 Å². The third-order valence-electron chi connectivity index (χ3n) is 2.54. The molecule has 2 aromatic rings. The Hall–Kier alpha value is -1.88. The van der Waals surface area contributed by atoms with E-state index in [1.807, 2.05) is 0 Å². The first-order valence-corrected chi connectivity index (χ1v) is 5.50. The average Bonchev–Trinajstić information content (AvgIpc) is 2.36. The Morgan fingerprint density at radius 2 is 2.22 bits per heavy atom. The Bertz CT molecular complexity index is 631. The second kappa shape index (κ2) is 4.78. The van der Waals surface area contributed by atoms with Gasteiger partial charge < -0.3 is 10.1 Å². The quantitative estimate of drug-likeness (QED) is 0.851. The number of aromatic nitrogens is 1. The summed E-state index contributed by atoms with van der Waals surface area (Å²) in [6.07, 6.45) is 1.33. The first-order valence-electron chi connectivity index (χ1n) is 5.12.